The van der Waals surface area contributed by atoms with Crippen LogP contribution in [0.1, 0.15) is 5.56 Å². The molecule has 0 spiro atoms. The zero-order chi connectivity index (χ0) is 11.8. The predicted octanol–water partition coefficient (Wildman–Crippen LogP) is 4.07. The van der Waals surface area contributed by atoms with Gasteiger partial charge in [-0.2, -0.15) is 0 Å². The highest BCUT2D eigenvalue weighted by Crippen LogP contribution is 2.25. The summed E-state index contributed by atoms with van der Waals surface area (Å²) in [5, 5.41) is 0. The van der Waals surface area contributed by atoms with Crippen molar-refractivity contribution in [1.29, 1.82) is 0 Å². The van der Waals surface area contributed by atoms with E-state index in [4.69, 9.17) is 0 Å². The molecule has 0 saturated carbocycles. The van der Waals surface area contributed by atoms with Gasteiger partial charge >= 0.3 is 0 Å². The topological polar surface area (TPSA) is 17.3 Å². The Balaban J connectivity index is 2.26. The average Bonchev–Trinajstić information content (AvgIpc) is 2.75. The van der Waals surface area contributed by atoms with Crippen LogP contribution in [0.5, 0.6) is 0 Å². The number of aryl methyl sites for hydroxylation is 1. The van der Waals surface area contributed by atoms with Crippen LogP contribution in [0.3, 0.4) is 0 Å². The van der Waals surface area contributed by atoms with Gasteiger partial charge in [-0.1, -0.05) is 24.3 Å². The van der Waals surface area contributed by atoms with Gasteiger partial charge in [-0.3, -0.25) is 0 Å². The molecule has 0 atom stereocenters. The Morgan fingerprint density at radius 3 is 2.71 bits per heavy atom. The molecule has 17 heavy (non-hydrogen) atoms. The first-order valence-electron chi connectivity index (χ1n) is 5.45. The molecule has 2 aromatic heterocycles. The smallest absolute Gasteiger partial charge is 0.151 e. The molecule has 0 fully saturated rings. The van der Waals surface area contributed by atoms with Crippen molar-refractivity contribution in [3.8, 4) is 11.3 Å². The first kappa shape index (κ1) is 10.5. The molecule has 3 rings (SSSR count). The lowest BCUT2D eigenvalue weighted by Gasteiger charge is -1.99. The predicted molar refractivity (Wildman–Crippen MR) is 73.1 cm³/mol. The largest absolute Gasteiger partial charge is 0.306 e. The minimum Gasteiger partial charge on any atom is -0.306 e. The summed E-state index contributed by atoms with van der Waals surface area (Å²) >= 11 is 3.52. The van der Waals surface area contributed by atoms with Crippen molar-refractivity contribution in [2.45, 2.75) is 6.92 Å². The molecule has 0 saturated heterocycles. The first-order valence-corrected chi connectivity index (χ1v) is 6.24. The van der Waals surface area contributed by atoms with E-state index >= 15 is 0 Å². The lowest BCUT2D eigenvalue weighted by atomic mass is 10.1. The minimum atomic E-state index is 0.950. The number of rotatable bonds is 1. The SMILES string of the molecule is Cc1ccccc1-c1cn2cccc(Br)c2n1. The van der Waals surface area contributed by atoms with E-state index in [0.717, 1.165) is 15.8 Å². The lowest BCUT2D eigenvalue weighted by molar-refractivity contribution is 1.18. The number of benzene rings is 1. The Kier molecular flexibility index (Phi) is 2.48. The van der Waals surface area contributed by atoms with E-state index < -0.39 is 0 Å². The standard InChI is InChI=1S/C14H11BrN2/c1-10-5-2-3-6-11(10)13-9-17-8-4-7-12(15)14(17)16-13/h2-9H,1H3. The molecular formula is C14H11BrN2. The molecule has 0 aliphatic rings. The highest BCUT2D eigenvalue weighted by molar-refractivity contribution is 9.10. The van der Waals surface area contributed by atoms with Crippen LogP contribution in [-0.2, 0) is 0 Å². The summed E-state index contributed by atoms with van der Waals surface area (Å²) in [4.78, 5) is 4.66. The second-order valence-corrected chi connectivity index (χ2v) is 4.88. The Labute approximate surface area is 108 Å². The van der Waals surface area contributed by atoms with Crippen molar-refractivity contribution >= 4 is 21.6 Å². The van der Waals surface area contributed by atoms with E-state index in [1.165, 1.54) is 11.1 Å². The second-order valence-electron chi connectivity index (χ2n) is 4.03. The van der Waals surface area contributed by atoms with Gasteiger partial charge in [0.25, 0.3) is 0 Å². The molecule has 0 N–H and O–H groups in total. The molecular weight excluding hydrogens is 276 g/mol. The highest BCUT2D eigenvalue weighted by atomic mass is 79.9. The van der Waals surface area contributed by atoms with Crippen LogP contribution in [0.2, 0.25) is 0 Å². The normalized spacial score (nSPS) is 10.9. The van der Waals surface area contributed by atoms with E-state index in [9.17, 15) is 0 Å². The first-order chi connectivity index (χ1) is 8.25. The number of pyridine rings is 1. The third kappa shape index (κ3) is 1.76. The Hall–Kier alpha value is -1.61. The maximum absolute atomic E-state index is 4.66. The second kappa shape index (κ2) is 4.00. The van der Waals surface area contributed by atoms with Gasteiger partial charge in [-0.05, 0) is 40.5 Å². The van der Waals surface area contributed by atoms with Crippen LogP contribution in [0.15, 0.2) is 53.3 Å². The zero-order valence-electron chi connectivity index (χ0n) is 9.39. The third-order valence-corrected chi connectivity index (χ3v) is 3.48. The summed E-state index contributed by atoms with van der Waals surface area (Å²) in [7, 11) is 0. The summed E-state index contributed by atoms with van der Waals surface area (Å²) in [5.41, 5.74) is 4.39. The van der Waals surface area contributed by atoms with Gasteiger partial charge in [0, 0.05) is 18.0 Å². The van der Waals surface area contributed by atoms with Crippen LogP contribution in [0, 0.1) is 6.92 Å². The van der Waals surface area contributed by atoms with Gasteiger partial charge < -0.3 is 4.40 Å². The summed E-state index contributed by atoms with van der Waals surface area (Å²) in [6, 6.07) is 12.3. The number of halogens is 1. The molecule has 0 bridgehead atoms. The van der Waals surface area contributed by atoms with Gasteiger partial charge in [-0.25, -0.2) is 4.98 Å². The van der Waals surface area contributed by atoms with E-state index in [-0.39, 0.29) is 0 Å². The fraction of sp³-hybridized carbons (Fsp3) is 0.0714. The van der Waals surface area contributed by atoms with Crippen molar-refractivity contribution < 1.29 is 0 Å². The van der Waals surface area contributed by atoms with E-state index in [1.54, 1.807) is 0 Å². The number of fused-ring (bicyclic) bond motifs is 1. The van der Waals surface area contributed by atoms with Gasteiger partial charge in [-0.15, -0.1) is 0 Å². The van der Waals surface area contributed by atoms with Crippen molar-refractivity contribution in [2.24, 2.45) is 0 Å². The highest BCUT2D eigenvalue weighted by Gasteiger charge is 2.07. The number of nitrogens with zero attached hydrogens (tertiary/aromatic N) is 2. The van der Waals surface area contributed by atoms with Crippen LogP contribution < -0.4 is 0 Å². The van der Waals surface area contributed by atoms with Gasteiger partial charge in [0.1, 0.15) is 0 Å². The van der Waals surface area contributed by atoms with Crippen LogP contribution in [0.25, 0.3) is 16.9 Å². The number of hydrogen-bond acceptors (Lipinski definition) is 1. The molecule has 3 heteroatoms. The van der Waals surface area contributed by atoms with Gasteiger partial charge in [0.15, 0.2) is 5.65 Å². The van der Waals surface area contributed by atoms with Crippen molar-refractivity contribution in [1.82, 2.24) is 9.38 Å². The lowest BCUT2D eigenvalue weighted by Crippen LogP contribution is -1.81. The summed E-state index contributed by atoms with van der Waals surface area (Å²) in [6.07, 6.45) is 4.07. The molecule has 2 nitrogen and oxygen atoms in total. The van der Waals surface area contributed by atoms with Crippen LogP contribution >= 0.6 is 15.9 Å². The zero-order valence-corrected chi connectivity index (χ0v) is 11.0. The van der Waals surface area contributed by atoms with E-state index in [1.807, 2.05) is 34.9 Å². The Bertz CT molecular complexity index is 686. The van der Waals surface area contributed by atoms with Crippen molar-refractivity contribution in [3.63, 3.8) is 0 Å². The number of imidazole rings is 1. The molecule has 0 unspecified atom stereocenters. The summed E-state index contributed by atoms with van der Waals surface area (Å²) in [5.74, 6) is 0. The van der Waals surface area contributed by atoms with E-state index in [2.05, 4.69) is 46.2 Å². The molecule has 1 aromatic carbocycles. The summed E-state index contributed by atoms with van der Waals surface area (Å²) < 4.78 is 3.05. The molecule has 84 valence electrons. The van der Waals surface area contributed by atoms with Crippen molar-refractivity contribution in [3.05, 3.63) is 58.8 Å². The Morgan fingerprint density at radius 1 is 1.12 bits per heavy atom. The maximum Gasteiger partial charge on any atom is 0.151 e. The Morgan fingerprint density at radius 2 is 1.94 bits per heavy atom. The molecule has 0 aliphatic carbocycles. The summed E-state index contributed by atoms with van der Waals surface area (Å²) in [6.45, 7) is 2.11. The van der Waals surface area contributed by atoms with Gasteiger partial charge in [0.2, 0.25) is 0 Å². The number of aromatic nitrogens is 2. The van der Waals surface area contributed by atoms with Crippen molar-refractivity contribution in [2.75, 3.05) is 0 Å². The fourth-order valence-corrected chi connectivity index (χ4v) is 2.41. The van der Waals surface area contributed by atoms with Crippen LogP contribution in [-0.4, -0.2) is 9.38 Å². The minimum absolute atomic E-state index is 0.950. The monoisotopic (exact) mass is 286 g/mol. The van der Waals surface area contributed by atoms with E-state index in [0.29, 0.717) is 0 Å². The molecule has 0 radical (unpaired) electrons. The third-order valence-electron chi connectivity index (χ3n) is 2.86. The number of hydrogen-bond donors (Lipinski definition) is 0. The molecule has 0 aliphatic heterocycles. The van der Waals surface area contributed by atoms with Gasteiger partial charge in [0.05, 0.1) is 10.2 Å². The molecule has 2 heterocycles. The molecule has 3 aromatic rings. The fourth-order valence-electron chi connectivity index (χ4n) is 1.97. The van der Waals surface area contributed by atoms with Crippen LogP contribution in [0.4, 0.5) is 0 Å². The maximum atomic E-state index is 4.66. The average molecular weight is 287 g/mol. The quantitative estimate of drug-likeness (QED) is 0.659. The molecule has 0 amide bonds.